The first-order valence-corrected chi connectivity index (χ1v) is 8.68. The number of rotatable bonds is 7. The molecule has 114 valence electrons. The first kappa shape index (κ1) is 14.8. The summed E-state index contributed by atoms with van der Waals surface area (Å²) in [6, 6.07) is 9.82. The number of fused-ring (bicyclic) bond motifs is 3. The molecule has 2 aliphatic carbocycles. The third kappa shape index (κ3) is 3.08. The van der Waals surface area contributed by atoms with Crippen molar-refractivity contribution < 1.29 is 0 Å². The Labute approximate surface area is 129 Å². The van der Waals surface area contributed by atoms with Gasteiger partial charge in [0.05, 0.1) is 0 Å². The summed E-state index contributed by atoms with van der Waals surface area (Å²) < 4.78 is 0. The van der Waals surface area contributed by atoms with Gasteiger partial charge in [0.25, 0.3) is 0 Å². The van der Waals surface area contributed by atoms with Gasteiger partial charge in [-0.05, 0) is 74.5 Å². The molecule has 1 heteroatoms. The predicted molar refractivity (Wildman–Crippen MR) is 90.6 cm³/mol. The molecule has 0 saturated heterocycles. The van der Waals surface area contributed by atoms with Crippen molar-refractivity contribution >= 4 is 0 Å². The number of nitrogens with one attached hydrogen (secondary N) is 1. The van der Waals surface area contributed by atoms with Crippen molar-refractivity contribution in [2.45, 2.75) is 57.9 Å². The lowest BCUT2D eigenvalue weighted by Gasteiger charge is -2.19. The molecular formula is C20H29N. The highest BCUT2D eigenvalue weighted by Gasteiger charge is 2.55. The smallest absolute Gasteiger partial charge is 0.0107 e. The maximum Gasteiger partial charge on any atom is 0.0107 e. The van der Waals surface area contributed by atoms with Crippen LogP contribution in [0.15, 0.2) is 36.4 Å². The molecule has 4 unspecified atom stereocenters. The van der Waals surface area contributed by atoms with Crippen LogP contribution < -0.4 is 5.32 Å². The van der Waals surface area contributed by atoms with Gasteiger partial charge >= 0.3 is 0 Å². The summed E-state index contributed by atoms with van der Waals surface area (Å²) in [7, 11) is 0. The van der Waals surface area contributed by atoms with Crippen molar-refractivity contribution in [3.05, 3.63) is 47.5 Å². The average molecular weight is 283 g/mol. The second-order valence-corrected chi connectivity index (χ2v) is 7.06. The van der Waals surface area contributed by atoms with Gasteiger partial charge in [0.2, 0.25) is 0 Å². The first-order valence-electron chi connectivity index (χ1n) is 8.68. The molecule has 1 N–H and O–H groups in total. The quantitative estimate of drug-likeness (QED) is 0.716. The Morgan fingerprint density at radius 1 is 1.38 bits per heavy atom. The minimum atomic E-state index is 0.683. The van der Waals surface area contributed by atoms with E-state index in [9.17, 15) is 0 Å². The number of hydrogen-bond acceptors (Lipinski definition) is 1. The van der Waals surface area contributed by atoms with Gasteiger partial charge in [-0.1, -0.05) is 36.8 Å². The van der Waals surface area contributed by atoms with E-state index in [2.05, 4.69) is 50.0 Å². The first-order chi connectivity index (χ1) is 10.2. The average Bonchev–Trinajstić information content (AvgIpc) is 3.22. The van der Waals surface area contributed by atoms with E-state index in [-0.39, 0.29) is 0 Å². The third-order valence-corrected chi connectivity index (χ3v) is 5.39. The monoisotopic (exact) mass is 283 g/mol. The van der Waals surface area contributed by atoms with Gasteiger partial charge in [0, 0.05) is 6.04 Å². The van der Waals surface area contributed by atoms with Crippen LogP contribution in [-0.4, -0.2) is 12.6 Å². The largest absolute Gasteiger partial charge is 0.314 e. The van der Waals surface area contributed by atoms with Crippen LogP contribution in [0.3, 0.4) is 0 Å². The normalized spacial score (nSPS) is 27.6. The summed E-state index contributed by atoms with van der Waals surface area (Å²) in [5.74, 6) is 2.62. The van der Waals surface area contributed by atoms with E-state index in [1.54, 1.807) is 11.1 Å². The number of allylic oxidation sites excluding steroid dienone is 1. The molecule has 1 aromatic carbocycles. The van der Waals surface area contributed by atoms with Crippen LogP contribution in [0, 0.1) is 11.8 Å². The molecule has 0 aromatic heterocycles. The van der Waals surface area contributed by atoms with Gasteiger partial charge in [-0.25, -0.2) is 0 Å². The Morgan fingerprint density at radius 2 is 2.19 bits per heavy atom. The van der Waals surface area contributed by atoms with Crippen molar-refractivity contribution in [2.75, 3.05) is 6.54 Å². The van der Waals surface area contributed by atoms with Crippen molar-refractivity contribution in [2.24, 2.45) is 11.8 Å². The molecule has 0 bridgehead atoms. The number of hydrogen-bond donors (Lipinski definition) is 1. The zero-order valence-corrected chi connectivity index (χ0v) is 13.6. The molecule has 0 amide bonds. The summed E-state index contributed by atoms with van der Waals surface area (Å²) in [5.41, 5.74) is 4.58. The maximum atomic E-state index is 4.09. The van der Waals surface area contributed by atoms with Crippen LogP contribution in [0.1, 0.15) is 56.6 Å². The van der Waals surface area contributed by atoms with Gasteiger partial charge in [0.1, 0.15) is 0 Å². The lowest BCUT2D eigenvalue weighted by Crippen LogP contribution is -2.32. The molecule has 0 aliphatic heterocycles. The van der Waals surface area contributed by atoms with Gasteiger partial charge in [0.15, 0.2) is 0 Å². The van der Waals surface area contributed by atoms with Crippen LogP contribution in [0.4, 0.5) is 0 Å². The summed E-state index contributed by atoms with van der Waals surface area (Å²) in [6.07, 6.45) is 6.33. The zero-order chi connectivity index (χ0) is 14.8. The minimum absolute atomic E-state index is 0.683. The van der Waals surface area contributed by atoms with E-state index in [0.29, 0.717) is 6.04 Å². The molecule has 0 heterocycles. The number of benzene rings is 1. The molecule has 0 radical (unpaired) electrons. The van der Waals surface area contributed by atoms with Crippen LogP contribution in [0.25, 0.3) is 0 Å². The van der Waals surface area contributed by atoms with Crippen LogP contribution in [0.5, 0.6) is 0 Å². The van der Waals surface area contributed by atoms with E-state index in [1.165, 1.54) is 37.7 Å². The highest BCUT2D eigenvalue weighted by molar-refractivity contribution is 5.40. The van der Waals surface area contributed by atoms with E-state index < -0.39 is 0 Å². The van der Waals surface area contributed by atoms with Gasteiger partial charge in [-0.15, -0.1) is 6.58 Å². The molecule has 0 spiro atoms. The van der Waals surface area contributed by atoms with E-state index >= 15 is 0 Å². The summed E-state index contributed by atoms with van der Waals surface area (Å²) in [6.45, 7) is 9.66. The molecule has 4 atom stereocenters. The fourth-order valence-corrected chi connectivity index (χ4v) is 4.33. The molecular weight excluding hydrogens is 254 g/mol. The van der Waals surface area contributed by atoms with E-state index in [0.717, 1.165) is 24.3 Å². The van der Waals surface area contributed by atoms with Crippen LogP contribution >= 0.6 is 0 Å². The zero-order valence-electron chi connectivity index (χ0n) is 13.6. The van der Waals surface area contributed by atoms with E-state index in [1.807, 2.05) is 0 Å². The Kier molecular flexibility index (Phi) is 4.49. The topological polar surface area (TPSA) is 12.0 Å². The van der Waals surface area contributed by atoms with Crippen LogP contribution in [-0.2, 0) is 6.42 Å². The molecule has 3 rings (SSSR count). The summed E-state index contributed by atoms with van der Waals surface area (Å²) in [4.78, 5) is 0. The Balaban J connectivity index is 1.71. The van der Waals surface area contributed by atoms with Gasteiger partial charge in [-0.2, -0.15) is 0 Å². The second kappa shape index (κ2) is 6.36. The standard InChI is InChI=1S/C20H29N/c1-4-13-21-18(12-9-14(2)3)20-17-11-10-15-7-5-6-8-16(15)19(17)20/h5-8,17-21H,2,4,9-13H2,1,3H3. The predicted octanol–water partition coefficient (Wildman–Crippen LogP) is 4.69. The molecule has 1 saturated carbocycles. The third-order valence-electron chi connectivity index (χ3n) is 5.39. The highest BCUT2D eigenvalue weighted by Crippen LogP contribution is 2.61. The van der Waals surface area contributed by atoms with Crippen molar-refractivity contribution in [1.82, 2.24) is 5.32 Å². The Hall–Kier alpha value is -1.08. The van der Waals surface area contributed by atoms with Crippen molar-refractivity contribution in [3.63, 3.8) is 0 Å². The molecule has 1 fully saturated rings. The maximum absolute atomic E-state index is 4.09. The van der Waals surface area contributed by atoms with Crippen molar-refractivity contribution in [3.8, 4) is 0 Å². The lowest BCUT2D eigenvalue weighted by molar-refractivity contribution is 0.410. The molecule has 1 aromatic rings. The van der Waals surface area contributed by atoms with Gasteiger partial charge < -0.3 is 5.32 Å². The fourth-order valence-electron chi connectivity index (χ4n) is 4.33. The van der Waals surface area contributed by atoms with Gasteiger partial charge in [-0.3, -0.25) is 0 Å². The molecule has 1 nitrogen and oxygen atoms in total. The number of aryl methyl sites for hydroxylation is 1. The fraction of sp³-hybridized carbons (Fsp3) is 0.600. The van der Waals surface area contributed by atoms with E-state index in [4.69, 9.17) is 0 Å². The highest BCUT2D eigenvalue weighted by atomic mass is 14.9. The Morgan fingerprint density at radius 3 is 2.95 bits per heavy atom. The SMILES string of the molecule is C=C(C)CCC(NCCC)C1C2CCc3ccccc3C21. The lowest BCUT2D eigenvalue weighted by atomic mass is 9.92. The second-order valence-electron chi connectivity index (χ2n) is 7.06. The van der Waals surface area contributed by atoms with Crippen LogP contribution in [0.2, 0.25) is 0 Å². The molecule has 21 heavy (non-hydrogen) atoms. The summed E-state index contributed by atoms with van der Waals surface area (Å²) >= 11 is 0. The summed E-state index contributed by atoms with van der Waals surface area (Å²) in [5, 5.41) is 3.83. The Bertz CT molecular complexity index is 504. The minimum Gasteiger partial charge on any atom is -0.314 e. The molecule has 2 aliphatic rings. The van der Waals surface area contributed by atoms with Crippen molar-refractivity contribution in [1.29, 1.82) is 0 Å².